The number of hydrogen-bond acceptors (Lipinski definition) is 2. The summed E-state index contributed by atoms with van der Waals surface area (Å²) in [6.07, 6.45) is 0. The first kappa shape index (κ1) is 11.0. The van der Waals surface area contributed by atoms with Crippen LogP contribution in [0.25, 0.3) is 0 Å². The molecule has 1 heterocycles. The van der Waals surface area contributed by atoms with Crippen LogP contribution in [0.1, 0.15) is 27.7 Å². The van der Waals surface area contributed by atoms with Gasteiger partial charge in [-0.3, -0.25) is 9.59 Å². The number of piperazine rings is 1. The Morgan fingerprint density at radius 1 is 1.14 bits per heavy atom. The fourth-order valence-corrected chi connectivity index (χ4v) is 1.62. The van der Waals surface area contributed by atoms with E-state index < -0.39 is 0 Å². The van der Waals surface area contributed by atoms with Gasteiger partial charge in [0.15, 0.2) is 0 Å². The van der Waals surface area contributed by atoms with Crippen molar-refractivity contribution in [2.45, 2.75) is 33.2 Å². The summed E-state index contributed by atoms with van der Waals surface area (Å²) in [4.78, 5) is 26.5. The third-order valence-corrected chi connectivity index (χ3v) is 2.50. The van der Waals surface area contributed by atoms with Crippen LogP contribution in [0.3, 0.4) is 0 Å². The van der Waals surface area contributed by atoms with Crippen LogP contribution in [0.2, 0.25) is 0 Å². The molecule has 0 aromatic carbocycles. The molecule has 14 heavy (non-hydrogen) atoms. The van der Waals surface area contributed by atoms with E-state index >= 15 is 0 Å². The van der Waals surface area contributed by atoms with Crippen LogP contribution in [0, 0.1) is 0 Å². The molecule has 0 bridgehead atoms. The van der Waals surface area contributed by atoms with E-state index in [0.29, 0.717) is 19.6 Å². The van der Waals surface area contributed by atoms with Gasteiger partial charge in [0.2, 0.25) is 0 Å². The SMILES string of the molecule is CCN1CCN(C(C)(C)C)C(=O)C1=O. The van der Waals surface area contributed by atoms with E-state index in [4.69, 9.17) is 0 Å². The Labute approximate surface area is 84.9 Å². The maximum atomic E-state index is 11.7. The highest BCUT2D eigenvalue weighted by atomic mass is 16.2. The van der Waals surface area contributed by atoms with E-state index in [1.807, 2.05) is 27.7 Å². The van der Waals surface area contributed by atoms with Gasteiger partial charge in [-0.05, 0) is 27.7 Å². The van der Waals surface area contributed by atoms with Crippen molar-refractivity contribution in [2.75, 3.05) is 19.6 Å². The monoisotopic (exact) mass is 198 g/mol. The molecule has 1 aliphatic heterocycles. The molecule has 80 valence electrons. The van der Waals surface area contributed by atoms with Crippen molar-refractivity contribution < 1.29 is 9.59 Å². The lowest BCUT2D eigenvalue weighted by atomic mass is 10.0. The number of likely N-dealkylation sites (N-methyl/N-ethyl adjacent to an activating group) is 1. The first-order valence-electron chi connectivity index (χ1n) is 4.98. The smallest absolute Gasteiger partial charge is 0.312 e. The number of amides is 2. The van der Waals surface area contributed by atoms with Gasteiger partial charge in [0.05, 0.1) is 0 Å². The van der Waals surface area contributed by atoms with Crippen LogP contribution in [0.5, 0.6) is 0 Å². The van der Waals surface area contributed by atoms with Gasteiger partial charge in [0.1, 0.15) is 0 Å². The van der Waals surface area contributed by atoms with Gasteiger partial charge >= 0.3 is 11.8 Å². The zero-order chi connectivity index (χ0) is 10.9. The predicted octanol–water partition coefficient (Wildman–Crippen LogP) is 0.476. The predicted molar refractivity (Wildman–Crippen MR) is 53.7 cm³/mol. The molecule has 0 unspecified atom stereocenters. The summed E-state index contributed by atoms with van der Waals surface area (Å²) in [5, 5.41) is 0. The number of nitrogens with zero attached hydrogens (tertiary/aromatic N) is 2. The van der Waals surface area contributed by atoms with Crippen molar-refractivity contribution in [2.24, 2.45) is 0 Å². The van der Waals surface area contributed by atoms with Crippen molar-refractivity contribution in [3.63, 3.8) is 0 Å². The first-order valence-corrected chi connectivity index (χ1v) is 4.98. The quantitative estimate of drug-likeness (QED) is 0.575. The molecule has 0 N–H and O–H groups in total. The van der Waals surface area contributed by atoms with Crippen molar-refractivity contribution in [3.8, 4) is 0 Å². The minimum absolute atomic E-state index is 0.257. The van der Waals surface area contributed by atoms with Gasteiger partial charge < -0.3 is 9.80 Å². The lowest BCUT2D eigenvalue weighted by molar-refractivity contribution is -0.159. The second-order valence-electron chi connectivity index (χ2n) is 4.51. The lowest BCUT2D eigenvalue weighted by Gasteiger charge is -2.41. The third kappa shape index (κ3) is 1.89. The van der Waals surface area contributed by atoms with Crippen molar-refractivity contribution >= 4 is 11.8 Å². The lowest BCUT2D eigenvalue weighted by Crippen LogP contribution is -2.59. The van der Waals surface area contributed by atoms with Crippen LogP contribution in [-0.2, 0) is 9.59 Å². The van der Waals surface area contributed by atoms with Gasteiger partial charge in [-0.15, -0.1) is 0 Å². The molecule has 2 amide bonds. The summed E-state index contributed by atoms with van der Waals surface area (Å²) in [7, 11) is 0. The average Bonchev–Trinajstić information content (AvgIpc) is 2.07. The van der Waals surface area contributed by atoms with E-state index in [9.17, 15) is 9.59 Å². The molecule has 0 atom stereocenters. The molecular formula is C10H18N2O2. The van der Waals surface area contributed by atoms with Crippen LogP contribution in [-0.4, -0.2) is 46.8 Å². The summed E-state index contributed by atoms with van der Waals surface area (Å²) in [6.45, 7) is 9.63. The van der Waals surface area contributed by atoms with Gasteiger partial charge in [-0.2, -0.15) is 0 Å². The molecule has 0 aliphatic carbocycles. The van der Waals surface area contributed by atoms with Gasteiger partial charge in [0.25, 0.3) is 0 Å². The molecule has 0 aromatic rings. The summed E-state index contributed by atoms with van der Waals surface area (Å²) in [6, 6.07) is 0. The zero-order valence-electron chi connectivity index (χ0n) is 9.33. The van der Waals surface area contributed by atoms with E-state index in [1.54, 1.807) is 9.80 Å². The number of carbonyl (C=O) groups excluding carboxylic acids is 2. The molecule has 1 rings (SSSR count). The number of rotatable bonds is 1. The minimum Gasteiger partial charge on any atom is -0.333 e. The van der Waals surface area contributed by atoms with Gasteiger partial charge in [-0.25, -0.2) is 0 Å². The fraction of sp³-hybridized carbons (Fsp3) is 0.800. The summed E-state index contributed by atoms with van der Waals surface area (Å²) in [5.74, 6) is -0.737. The molecule has 4 nitrogen and oxygen atoms in total. The third-order valence-electron chi connectivity index (χ3n) is 2.50. The highest BCUT2D eigenvalue weighted by Crippen LogP contribution is 2.17. The Bertz CT molecular complexity index is 255. The summed E-state index contributed by atoms with van der Waals surface area (Å²) < 4.78 is 0. The molecular weight excluding hydrogens is 180 g/mol. The molecule has 1 saturated heterocycles. The molecule has 0 aromatic heterocycles. The zero-order valence-corrected chi connectivity index (χ0v) is 9.33. The fourth-order valence-electron chi connectivity index (χ4n) is 1.62. The van der Waals surface area contributed by atoms with Crippen molar-refractivity contribution in [1.82, 2.24) is 9.80 Å². The standard InChI is InChI=1S/C10H18N2O2/c1-5-11-6-7-12(10(2,3)4)9(14)8(11)13/h5-7H2,1-4H3. The molecule has 0 spiro atoms. The average molecular weight is 198 g/mol. The van der Waals surface area contributed by atoms with Crippen LogP contribution >= 0.6 is 0 Å². The molecule has 1 fully saturated rings. The van der Waals surface area contributed by atoms with Crippen LogP contribution < -0.4 is 0 Å². The highest BCUT2D eigenvalue weighted by molar-refractivity contribution is 6.35. The Hall–Kier alpha value is -1.06. The summed E-state index contributed by atoms with van der Waals surface area (Å²) in [5.41, 5.74) is -0.257. The van der Waals surface area contributed by atoms with E-state index in [1.165, 1.54) is 0 Å². The largest absolute Gasteiger partial charge is 0.333 e. The normalized spacial score (nSPS) is 19.1. The maximum Gasteiger partial charge on any atom is 0.312 e. The molecule has 0 radical (unpaired) electrons. The highest BCUT2D eigenvalue weighted by Gasteiger charge is 2.37. The second kappa shape index (κ2) is 3.59. The van der Waals surface area contributed by atoms with Crippen molar-refractivity contribution in [3.05, 3.63) is 0 Å². The first-order chi connectivity index (χ1) is 6.38. The van der Waals surface area contributed by atoms with E-state index in [0.717, 1.165) is 0 Å². The van der Waals surface area contributed by atoms with E-state index in [2.05, 4.69) is 0 Å². The number of carbonyl (C=O) groups is 2. The second-order valence-corrected chi connectivity index (χ2v) is 4.51. The molecule has 1 aliphatic rings. The molecule has 4 heteroatoms. The van der Waals surface area contributed by atoms with Gasteiger partial charge in [-0.1, -0.05) is 0 Å². The molecule has 0 saturated carbocycles. The van der Waals surface area contributed by atoms with E-state index in [-0.39, 0.29) is 17.4 Å². The topological polar surface area (TPSA) is 40.6 Å². The Morgan fingerprint density at radius 2 is 1.71 bits per heavy atom. The Kier molecular flexibility index (Phi) is 2.83. The minimum atomic E-state index is -0.370. The number of hydrogen-bond donors (Lipinski definition) is 0. The maximum absolute atomic E-state index is 11.7. The van der Waals surface area contributed by atoms with Crippen LogP contribution in [0.4, 0.5) is 0 Å². The van der Waals surface area contributed by atoms with Crippen LogP contribution in [0.15, 0.2) is 0 Å². The Morgan fingerprint density at radius 3 is 2.14 bits per heavy atom. The van der Waals surface area contributed by atoms with Crippen molar-refractivity contribution in [1.29, 1.82) is 0 Å². The Balaban J connectivity index is 2.80. The summed E-state index contributed by atoms with van der Waals surface area (Å²) >= 11 is 0. The van der Waals surface area contributed by atoms with Gasteiger partial charge in [0, 0.05) is 25.2 Å².